The van der Waals surface area contributed by atoms with Crippen LogP contribution in [0.3, 0.4) is 0 Å². The van der Waals surface area contributed by atoms with Crippen molar-refractivity contribution in [3.8, 4) is 0 Å². The number of amides is 3. The van der Waals surface area contributed by atoms with Crippen molar-refractivity contribution in [2.24, 2.45) is 17.8 Å². The molecule has 1 aromatic heterocycles. The third-order valence-corrected chi connectivity index (χ3v) is 6.56. The number of carbonyl (C=O) groups excluding carboxylic acids is 3. The average molecular weight is 505 g/mol. The van der Waals surface area contributed by atoms with Crippen LogP contribution in [0.25, 0.3) is 10.9 Å². The number of hydrogen-bond acceptors (Lipinski definition) is 5. The first kappa shape index (κ1) is 28.2. The van der Waals surface area contributed by atoms with Gasteiger partial charge in [0.2, 0.25) is 17.7 Å². The second-order valence-electron chi connectivity index (χ2n) is 9.47. The van der Waals surface area contributed by atoms with E-state index in [1.54, 1.807) is 27.0 Å². The van der Waals surface area contributed by atoms with E-state index in [4.69, 9.17) is 0 Å². The summed E-state index contributed by atoms with van der Waals surface area (Å²) in [7, 11) is 0. The topological polar surface area (TPSA) is 140 Å². The fraction of sp³-hybridized carbons (Fsp3) is 0.520. The van der Waals surface area contributed by atoms with Crippen LogP contribution in [0, 0.1) is 17.8 Å². The first-order chi connectivity index (χ1) is 16.5. The molecule has 5 N–H and O–H groups in total. The van der Waals surface area contributed by atoms with Crippen molar-refractivity contribution >= 4 is 47.2 Å². The van der Waals surface area contributed by atoms with E-state index in [9.17, 15) is 24.3 Å². The Hall–Kier alpha value is -3.01. The predicted octanol–water partition coefficient (Wildman–Crippen LogP) is 2.13. The van der Waals surface area contributed by atoms with Crippen LogP contribution in [0.2, 0.25) is 0 Å². The molecule has 0 aliphatic rings. The Morgan fingerprint density at radius 2 is 1.49 bits per heavy atom. The molecule has 0 spiro atoms. The average Bonchev–Trinajstić information content (AvgIpc) is 3.21. The first-order valence-corrected chi connectivity index (χ1v) is 12.4. The number of benzene rings is 1. The molecule has 4 atom stereocenters. The summed E-state index contributed by atoms with van der Waals surface area (Å²) < 4.78 is 0. The molecule has 0 unspecified atom stereocenters. The van der Waals surface area contributed by atoms with Gasteiger partial charge in [0.15, 0.2) is 0 Å². The highest BCUT2D eigenvalue weighted by Gasteiger charge is 2.31. The number of aromatic nitrogens is 1. The molecule has 0 bridgehead atoms. The smallest absolute Gasteiger partial charge is 0.326 e. The van der Waals surface area contributed by atoms with E-state index in [1.807, 2.05) is 38.1 Å². The van der Waals surface area contributed by atoms with Gasteiger partial charge in [0.1, 0.15) is 18.1 Å². The zero-order chi connectivity index (χ0) is 26.3. The molecular formula is C25H36N4O5S. The standard InChI is InChI=1S/C25H36N4O5S/c1-13(2)15(5)22(30)27-19(10-16-11-26-18-9-7-6-8-17(16)18)23(31)28-20(12-35)24(32)29-21(14(3)4)25(33)34/h6-9,11,13-15,19-21,26,35H,10,12H2,1-5H3,(H,27,30)(H,28,31)(H,29,32)(H,33,34)/t15-,19-,20-,21-/m0/s1. The zero-order valence-electron chi connectivity index (χ0n) is 20.8. The molecule has 0 saturated carbocycles. The maximum Gasteiger partial charge on any atom is 0.326 e. The van der Waals surface area contributed by atoms with E-state index in [0.29, 0.717) is 0 Å². The number of hydrogen-bond donors (Lipinski definition) is 6. The van der Waals surface area contributed by atoms with Gasteiger partial charge in [-0.15, -0.1) is 0 Å². The Morgan fingerprint density at radius 3 is 2.06 bits per heavy atom. The number of thiol groups is 1. The number of para-hydroxylation sites is 1. The van der Waals surface area contributed by atoms with E-state index < -0.39 is 35.9 Å². The lowest BCUT2D eigenvalue weighted by Gasteiger charge is -2.26. The van der Waals surface area contributed by atoms with Crippen LogP contribution in [-0.4, -0.2) is 57.7 Å². The number of H-pyrrole nitrogens is 1. The largest absolute Gasteiger partial charge is 0.480 e. The molecule has 0 radical (unpaired) electrons. The molecular weight excluding hydrogens is 468 g/mol. The minimum Gasteiger partial charge on any atom is -0.480 e. The second kappa shape index (κ2) is 12.6. The third kappa shape index (κ3) is 7.48. The Bertz CT molecular complexity index is 1050. The van der Waals surface area contributed by atoms with Gasteiger partial charge in [0, 0.05) is 35.2 Å². The monoisotopic (exact) mass is 504 g/mol. The van der Waals surface area contributed by atoms with Crippen molar-refractivity contribution in [3.05, 3.63) is 36.0 Å². The highest BCUT2D eigenvalue weighted by Crippen LogP contribution is 2.20. The lowest BCUT2D eigenvalue weighted by molar-refractivity contribution is -0.143. The Labute approximate surface area is 211 Å². The number of carboxylic acids is 1. The Balaban J connectivity index is 2.25. The van der Waals surface area contributed by atoms with Crippen LogP contribution in [0.1, 0.15) is 40.2 Å². The SMILES string of the molecule is CC(C)[C@H](C)C(=O)N[C@@H](Cc1c[nH]c2ccccc12)C(=O)N[C@@H](CS)C(=O)N[C@H](C(=O)O)C(C)C. The summed E-state index contributed by atoms with van der Waals surface area (Å²) in [5.74, 6) is -3.27. The summed E-state index contributed by atoms with van der Waals surface area (Å²) >= 11 is 4.18. The molecule has 9 nitrogen and oxygen atoms in total. The summed E-state index contributed by atoms with van der Waals surface area (Å²) in [5.41, 5.74) is 1.75. The van der Waals surface area contributed by atoms with Gasteiger partial charge < -0.3 is 26.0 Å². The van der Waals surface area contributed by atoms with Gasteiger partial charge in [-0.2, -0.15) is 12.6 Å². The van der Waals surface area contributed by atoms with Crippen LogP contribution in [0.15, 0.2) is 30.5 Å². The third-order valence-electron chi connectivity index (χ3n) is 6.19. The highest BCUT2D eigenvalue weighted by molar-refractivity contribution is 7.80. The molecule has 2 aromatic rings. The fourth-order valence-corrected chi connectivity index (χ4v) is 3.83. The van der Waals surface area contributed by atoms with Crippen LogP contribution in [0.4, 0.5) is 0 Å². The van der Waals surface area contributed by atoms with Crippen molar-refractivity contribution in [3.63, 3.8) is 0 Å². The molecule has 0 aliphatic heterocycles. The van der Waals surface area contributed by atoms with Crippen molar-refractivity contribution < 1.29 is 24.3 Å². The summed E-state index contributed by atoms with van der Waals surface area (Å²) in [4.78, 5) is 53.5. The van der Waals surface area contributed by atoms with Gasteiger partial charge in [0.05, 0.1) is 0 Å². The molecule has 192 valence electrons. The molecule has 3 amide bonds. The fourth-order valence-electron chi connectivity index (χ4n) is 3.57. The normalized spacial score (nSPS) is 14.9. The number of rotatable bonds is 12. The van der Waals surface area contributed by atoms with Gasteiger partial charge in [-0.05, 0) is 23.5 Å². The van der Waals surface area contributed by atoms with E-state index in [-0.39, 0.29) is 35.8 Å². The minimum absolute atomic E-state index is 0.0435. The highest BCUT2D eigenvalue weighted by atomic mass is 32.1. The lowest BCUT2D eigenvalue weighted by Crippen LogP contribution is -2.58. The van der Waals surface area contributed by atoms with Crippen LogP contribution in [-0.2, 0) is 25.6 Å². The first-order valence-electron chi connectivity index (χ1n) is 11.8. The number of fused-ring (bicyclic) bond motifs is 1. The molecule has 0 fully saturated rings. The molecule has 10 heteroatoms. The summed E-state index contributed by atoms with van der Waals surface area (Å²) in [6.45, 7) is 9.00. The predicted molar refractivity (Wildman–Crippen MR) is 138 cm³/mol. The quantitative estimate of drug-likeness (QED) is 0.246. The van der Waals surface area contributed by atoms with Crippen molar-refractivity contribution in [1.82, 2.24) is 20.9 Å². The molecule has 0 aliphatic carbocycles. The van der Waals surface area contributed by atoms with Crippen LogP contribution >= 0.6 is 12.6 Å². The number of carboxylic acid groups (broad SMARTS) is 1. The number of aliphatic carboxylic acids is 1. The summed E-state index contributed by atoms with van der Waals surface area (Å²) in [5, 5.41) is 18.2. The second-order valence-corrected chi connectivity index (χ2v) is 9.83. The Kier molecular flexibility index (Phi) is 10.2. The van der Waals surface area contributed by atoms with Crippen LogP contribution < -0.4 is 16.0 Å². The summed E-state index contributed by atoms with van der Waals surface area (Å²) in [6.07, 6.45) is 2.00. The van der Waals surface area contributed by atoms with Gasteiger partial charge in [-0.3, -0.25) is 14.4 Å². The van der Waals surface area contributed by atoms with Gasteiger partial charge >= 0.3 is 5.97 Å². The van der Waals surface area contributed by atoms with Gasteiger partial charge in [-0.25, -0.2) is 4.79 Å². The van der Waals surface area contributed by atoms with E-state index >= 15 is 0 Å². The van der Waals surface area contributed by atoms with E-state index in [0.717, 1.165) is 16.5 Å². The van der Waals surface area contributed by atoms with Gasteiger partial charge in [-0.1, -0.05) is 52.8 Å². The van der Waals surface area contributed by atoms with E-state index in [1.165, 1.54) is 0 Å². The zero-order valence-corrected chi connectivity index (χ0v) is 21.7. The molecule has 2 rings (SSSR count). The number of carbonyl (C=O) groups is 4. The van der Waals surface area contributed by atoms with Gasteiger partial charge in [0.25, 0.3) is 0 Å². The van der Waals surface area contributed by atoms with E-state index in [2.05, 4.69) is 33.6 Å². The van der Waals surface area contributed by atoms with Crippen LogP contribution in [0.5, 0.6) is 0 Å². The molecule has 35 heavy (non-hydrogen) atoms. The maximum atomic E-state index is 13.3. The molecule has 1 aromatic carbocycles. The number of aromatic amines is 1. The number of nitrogens with one attached hydrogen (secondary N) is 4. The van der Waals surface area contributed by atoms with Crippen molar-refractivity contribution in [2.45, 2.75) is 59.2 Å². The van der Waals surface area contributed by atoms with Crippen molar-refractivity contribution in [1.29, 1.82) is 0 Å². The molecule has 0 saturated heterocycles. The minimum atomic E-state index is -1.16. The molecule has 1 heterocycles. The Morgan fingerprint density at radius 1 is 0.886 bits per heavy atom. The maximum absolute atomic E-state index is 13.3. The van der Waals surface area contributed by atoms with Crippen molar-refractivity contribution in [2.75, 3.05) is 5.75 Å². The lowest BCUT2D eigenvalue weighted by atomic mass is 9.96. The summed E-state index contributed by atoms with van der Waals surface area (Å²) in [6, 6.07) is 4.52.